The van der Waals surface area contributed by atoms with E-state index in [-0.39, 0.29) is 11.7 Å². The van der Waals surface area contributed by atoms with Gasteiger partial charge in [0.25, 0.3) is 0 Å². The molecular weight excluding hydrogens is 254 g/mol. The highest BCUT2D eigenvalue weighted by Crippen LogP contribution is 2.02. The second-order valence-electron chi connectivity index (χ2n) is 4.43. The molecule has 0 heterocycles. The number of thioether (sulfide) groups is 1. The molecule has 0 rings (SSSR count). The highest BCUT2D eigenvalue weighted by atomic mass is 32.2. The average Bonchev–Trinajstić information content (AvgIpc) is 2.27. The SMILES string of the molecule is CC(C)CCOC(C)C(=O)NCCSCC(=O)O. The Labute approximate surface area is 113 Å². The van der Waals surface area contributed by atoms with E-state index in [1.54, 1.807) is 6.92 Å². The zero-order valence-corrected chi connectivity index (χ0v) is 12.1. The van der Waals surface area contributed by atoms with E-state index in [9.17, 15) is 9.59 Å². The molecule has 5 nitrogen and oxygen atoms in total. The first-order valence-corrected chi connectivity index (χ1v) is 7.27. The van der Waals surface area contributed by atoms with Gasteiger partial charge in [-0.25, -0.2) is 0 Å². The number of ether oxygens (including phenoxy) is 1. The molecular formula is C12H23NO4S. The van der Waals surface area contributed by atoms with Gasteiger partial charge in [-0.3, -0.25) is 9.59 Å². The van der Waals surface area contributed by atoms with Gasteiger partial charge in [-0.15, -0.1) is 11.8 Å². The zero-order valence-electron chi connectivity index (χ0n) is 11.3. The van der Waals surface area contributed by atoms with Crippen LogP contribution >= 0.6 is 11.8 Å². The highest BCUT2D eigenvalue weighted by molar-refractivity contribution is 7.99. The Bertz CT molecular complexity index is 258. The summed E-state index contributed by atoms with van der Waals surface area (Å²) >= 11 is 1.28. The molecule has 18 heavy (non-hydrogen) atoms. The van der Waals surface area contributed by atoms with Gasteiger partial charge >= 0.3 is 5.97 Å². The maximum atomic E-state index is 11.6. The van der Waals surface area contributed by atoms with E-state index in [2.05, 4.69) is 19.2 Å². The van der Waals surface area contributed by atoms with Crippen molar-refractivity contribution < 1.29 is 19.4 Å². The summed E-state index contributed by atoms with van der Waals surface area (Å²) < 4.78 is 5.40. The van der Waals surface area contributed by atoms with Crippen LogP contribution in [0.3, 0.4) is 0 Å². The molecule has 0 fully saturated rings. The molecule has 0 aliphatic heterocycles. The fourth-order valence-corrected chi connectivity index (χ4v) is 1.67. The number of carbonyl (C=O) groups excluding carboxylic acids is 1. The molecule has 0 aliphatic carbocycles. The van der Waals surface area contributed by atoms with Crippen molar-refractivity contribution in [3.05, 3.63) is 0 Å². The first-order valence-electron chi connectivity index (χ1n) is 6.12. The lowest BCUT2D eigenvalue weighted by Crippen LogP contribution is -2.36. The number of aliphatic carboxylic acids is 1. The van der Waals surface area contributed by atoms with Crippen molar-refractivity contribution in [1.29, 1.82) is 0 Å². The second kappa shape index (κ2) is 10.2. The van der Waals surface area contributed by atoms with Crippen LogP contribution in [0.2, 0.25) is 0 Å². The first-order chi connectivity index (χ1) is 8.43. The lowest BCUT2D eigenvalue weighted by molar-refractivity contribution is -0.134. The Morgan fingerprint density at radius 3 is 2.56 bits per heavy atom. The van der Waals surface area contributed by atoms with Crippen LogP contribution in [0.5, 0.6) is 0 Å². The van der Waals surface area contributed by atoms with Crippen LogP contribution in [-0.2, 0) is 14.3 Å². The summed E-state index contributed by atoms with van der Waals surface area (Å²) in [4.78, 5) is 21.8. The monoisotopic (exact) mass is 277 g/mol. The summed E-state index contributed by atoms with van der Waals surface area (Å²) in [5.41, 5.74) is 0. The molecule has 0 aliphatic rings. The van der Waals surface area contributed by atoms with Gasteiger partial charge in [0, 0.05) is 18.9 Å². The molecule has 0 saturated carbocycles. The molecule has 1 atom stereocenters. The van der Waals surface area contributed by atoms with E-state index in [0.717, 1.165) is 6.42 Å². The first kappa shape index (κ1) is 17.2. The fraction of sp³-hybridized carbons (Fsp3) is 0.833. The third-order valence-electron chi connectivity index (χ3n) is 2.20. The predicted molar refractivity (Wildman–Crippen MR) is 72.8 cm³/mol. The molecule has 1 amide bonds. The van der Waals surface area contributed by atoms with Crippen LogP contribution in [0, 0.1) is 5.92 Å². The number of carboxylic acids is 1. The van der Waals surface area contributed by atoms with E-state index in [1.807, 2.05) is 0 Å². The molecule has 0 spiro atoms. The minimum absolute atomic E-state index is 0.0658. The summed E-state index contributed by atoms with van der Waals surface area (Å²) in [6.45, 7) is 6.98. The van der Waals surface area contributed by atoms with E-state index < -0.39 is 12.1 Å². The van der Waals surface area contributed by atoms with Crippen molar-refractivity contribution in [2.24, 2.45) is 5.92 Å². The van der Waals surface area contributed by atoms with Crippen molar-refractivity contribution in [3.63, 3.8) is 0 Å². The van der Waals surface area contributed by atoms with Crippen LogP contribution in [0.4, 0.5) is 0 Å². The quantitative estimate of drug-likeness (QED) is 0.590. The molecule has 0 radical (unpaired) electrons. The van der Waals surface area contributed by atoms with Gasteiger partial charge in [0.05, 0.1) is 5.75 Å². The van der Waals surface area contributed by atoms with Gasteiger partial charge < -0.3 is 15.2 Å². The number of carboxylic acid groups (broad SMARTS) is 1. The maximum absolute atomic E-state index is 11.6. The number of rotatable bonds is 10. The normalized spacial score (nSPS) is 12.4. The molecule has 0 aromatic rings. The van der Waals surface area contributed by atoms with Gasteiger partial charge in [0.15, 0.2) is 0 Å². The summed E-state index contributed by atoms with van der Waals surface area (Å²) in [5.74, 6) is 0.242. The van der Waals surface area contributed by atoms with Crippen molar-refractivity contribution in [3.8, 4) is 0 Å². The van der Waals surface area contributed by atoms with Crippen molar-refractivity contribution in [2.45, 2.75) is 33.3 Å². The van der Waals surface area contributed by atoms with Crippen LogP contribution < -0.4 is 5.32 Å². The fourth-order valence-electron chi connectivity index (χ4n) is 1.11. The van der Waals surface area contributed by atoms with Gasteiger partial charge in [-0.2, -0.15) is 0 Å². The van der Waals surface area contributed by atoms with Crippen LogP contribution in [-0.4, -0.2) is 47.7 Å². The lowest BCUT2D eigenvalue weighted by atomic mass is 10.1. The number of amides is 1. The zero-order chi connectivity index (χ0) is 14.0. The molecule has 106 valence electrons. The van der Waals surface area contributed by atoms with Gasteiger partial charge in [0.1, 0.15) is 6.10 Å². The molecule has 0 saturated heterocycles. The molecule has 6 heteroatoms. The van der Waals surface area contributed by atoms with Crippen LogP contribution in [0.25, 0.3) is 0 Å². The Balaban J connectivity index is 3.52. The third kappa shape index (κ3) is 10.4. The topological polar surface area (TPSA) is 75.6 Å². The van der Waals surface area contributed by atoms with E-state index in [4.69, 9.17) is 9.84 Å². The number of hydrogen-bond donors (Lipinski definition) is 2. The minimum atomic E-state index is -0.836. The van der Waals surface area contributed by atoms with Gasteiger partial charge in [-0.1, -0.05) is 13.8 Å². The summed E-state index contributed by atoms with van der Waals surface area (Å²) in [6, 6.07) is 0. The van der Waals surface area contributed by atoms with E-state index in [1.165, 1.54) is 11.8 Å². The van der Waals surface area contributed by atoms with E-state index >= 15 is 0 Å². The average molecular weight is 277 g/mol. The maximum Gasteiger partial charge on any atom is 0.313 e. The van der Waals surface area contributed by atoms with Crippen LogP contribution in [0.1, 0.15) is 27.2 Å². The summed E-state index contributed by atoms with van der Waals surface area (Å²) in [6.07, 6.45) is 0.486. The predicted octanol–water partition coefficient (Wildman–Crippen LogP) is 1.37. The van der Waals surface area contributed by atoms with Crippen molar-refractivity contribution >= 4 is 23.6 Å². The van der Waals surface area contributed by atoms with Crippen LogP contribution in [0.15, 0.2) is 0 Å². The van der Waals surface area contributed by atoms with Gasteiger partial charge in [0.2, 0.25) is 5.91 Å². The van der Waals surface area contributed by atoms with Crippen molar-refractivity contribution in [1.82, 2.24) is 5.32 Å². The van der Waals surface area contributed by atoms with E-state index in [0.29, 0.717) is 24.8 Å². The second-order valence-corrected chi connectivity index (χ2v) is 5.54. The molecule has 1 unspecified atom stereocenters. The Kier molecular flexibility index (Phi) is 9.77. The molecule has 0 aromatic carbocycles. The number of hydrogen-bond acceptors (Lipinski definition) is 4. The Morgan fingerprint density at radius 1 is 1.33 bits per heavy atom. The Morgan fingerprint density at radius 2 is 2.00 bits per heavy atom. The largest absolute Gasteiger partial charge is 0.481 e. The molecule has 2 N–H and O–H groups in total. The van der Waals surface area contributed by atoms with Crippen molar-refractivity contribution in [2.75, 3.05) is 24.7 Å². The lowest BCUT2D eigenvalue weighted by Gasteiger charge is -2.14. The minimum Gasteiger partial charge on any atom is -0.481 e. The Hall–Kier alpha value is -0.750. The summed E-state index contributed by atoms with van der Waals surface area (Å²) in [5, 5.41) is 11.1. The number of nitrogens with one attached hydrogen (secondary N) is 1. The third-order valence-corrected chi connectivity index (χ3v) is 3.15. The molecule has 0 aromatic heterocycles. The summed E-state index contributed by atoms with van der Waals surface area (Å²) in [7, 11) is 0. The number of carbonyl (C=O) groups is 2. The standard InChI is InChI=1S/C12H23NO4S/c1-9(2)4-6-17-10(3)12(16)13-5-7-18-8-11(14)15/h9-10H,4-8H2,1-3H3,(H,13,16)(H,14,15). The smallest absolute Gasteiger partial charge is 0.313 e. The molecule has 0 bridgehead atoms. The van der Waals surface area contributed by atoms with Gasteiger partial charge in [-0.05, 0) is 19.3 Å². The highest BCUT2D eigenvalue weighted by Gasteiger charge is 2.12.